The second-order valence-electron chi connectivity index (χ2n) is 4.78. The van der Waals surface area contributed by atoms with Crippen molar-refractivity contribution in [3.05, 3.63) is 57.8 Å². The molecule has 4 heteroatoms. The van der Waals surface area contributed by atoms with E-state index in [1.807, 2.05) is 12.1 Å². The highest BCUT2D eigenvalue weighted by Gasteiger charge is 2.07. The van der Waals surface area contributed by atoms with Gasteiger partial charge in [0, 0.05) is 25.0 Å². The highest BCUT2D eigenvalue weighted by Crippen LogP contribution is 2.26. The SMILES string of the molecule is CCC(N)Cc1ccn(Cc2cccc(Cl)c2Cl)c1. The molecule has 2 rings (SSSR count). The number of rotatable bonds is 5. The van der Waals surface area contributed by atoms with Gasteiger partial charge >= 0.3 is 0 Å². The van der Waals surface area contributed by atoms with E-state index in [1.54, 1.807) is 6.07 Å². The third-order valence-electron chi connectivity index (χ3n) is 3.22. The Balaban J connectivity index is 2.09. The summed E-state index contributed by atoms with van der Waals surface area (Å²) in [5.41, 5.74) is 8.24. The van der Waals surface area contributed by atoms with E-state index in [2.05, 4.69) is 30.0 Å². The van der Waals surface area contributed by atoms with Gasteiger partial charge in [-0.15, -0.1) is 0 Å². The molecule has 19 heavy (non-hydrogen) atoms. The van der Waals surface area contributed by atoms with E-state index in [0.29, 0.717) is 10.0 Å². The van der Waals surface area contributed by atoms with Crippen molar-refractivity contribution in [1.29, 1.82) is 0 Å². The van der Waals surface area contributed by atoms with Gasteiger partial charge in [-0.1, -0.05) is 42.3 Å². The number of nitrogens with zero attached hydrogens (tertiary/aromatic N) is 1. The van der Waals surface area contributed by atoms with Crippen molar-refractivity contribution in [2.24, 2.45) is 5.73 Å². The van der Waals surface area contributed by atoms with Crippen molar-refractivity contribution in [2.75, 3.05) is 0 Å². The molecule has 1 atom stereocenters. The fourth-order valence-corrected chi connectivity index (χ4v) is 2.40. The molecule has 1 aromatic carbocycles. The second kappa shape index (κ2) is 6.47. The number of aromatic nitrogens is 1. The predicted octanol–water partition coefficient (Wildman–Crippen LogP) is 4.12. The van der Waals surface area contributed by atoms with E-state index in [4.69, 9.17) is 28.9 Å². The second-order valence-corrected chi connectivity index (χ2v) is 5.56. The van der Waals surface area contributed by atoms with Gasteiger partial charge in [-0.3, -0.25) is 0 Å². The van der Waals surface area contributed by atoms with Crippen molar-refractivity contribution in [1.82, 2.24) is 4.57 Å². The molecular weight excluding hydrogens is 279 g/mol. The summed E-state index contributed by atoms with van der Waals surface area (Å²) in [4.78, 5) is 0. The number of halogens is 2. The van der Waals surface area contributed by atoms with Crippen LogP contribution in [0.5, 0.6) is 0 Å². The highest BCUT2D eigenvalue weighted by molar-refractivity contribution is 6.42. The topological polar surface area (TPSA) is 30.9 Å². The van der Waals surface area contributed by atoms with Gasteiger partial charge < -0.3 is 10.3 Å². The molecule has 1 aromatic heterocycles. The van der Waals surface area contributed by atoms with Crippen LogP contribution in [0, 0.1) is 0 Å². The molecule has 0 saturated heterocycles. The predicted molar refractivity (Wildman–Crippen MR) is 82.0 cm³/mol. The standard InChI is InChI=1S/C15H18Cl2N2/c1-2-13(18)8-11-6-7-19(9-11)10-12-4-3-5-14(16)15(12)17/h3-7,9,13H,2,8,10,18H2,1H3. The molecule has 102 valence electrons. The van der Waals surface area contributed by atoms with Gasteiger partial charge in [0.25, 0.3) is 0 Å². The first-order valence-electron chi connectivity index (χ1n) is 6.43. The Bertz CT molecular complexity index is 549. The Labute approximate surface area is 124 Å². The zero-order valence-electron chi connectivity index (χ0n) is 10.9. The number of nitrogens with two attached hydrogens (primary N) is 1. The van der Waals surface area contributed by atoms with Gasteiger partial charge in [-0.05, 0) is 36.1 Å². The average molecular weight is 297 g/mol. The van der Waals surface area contributed by atoms with Crippen LogP contribution < -0.4 is 5.73 Å². The molecule has 0 aliphatic heterocycles. The van der Waals surface area contributed by atoms with E-state index in [0.717, 1.165) is 24.9 Å². The van der Waals surface area contributed by atoms with Crippen LogP contribution in [0.25, 0.3) is 0 Å². The molecule has 0 aliphatic carbocycles. The molecule has 0 fully saturated rings. The lowest BCUT2D eigenvalue weighted by Gasteiger charge is -2.08. The summed E-state index contributed by atoms with van der Waals surface area (Å²) in [5, 5.41) is 1.23. The van der Waals surface area contributed by atoms with E-state index >= 15 is 0 Å². The molecule has 0 saturated carbocycles. The summed E-state index contributed by atoms with van der Waals surface area (Å²) in [7, 11) is 0. The molecular formula is C15H18Cl2N2. The molecule has 2 aromatic rings. The van der Waals surface area contributed by atoms with Gasteiger partial charge in [0.2, 0.25) is 0 Å². The fraction of sp³-hybridized carbons (Fsp3) is 0.333. The van der Waals surface area contributed by atoms with Crippen LogP contribution in [-0.2, 0) is 13.0 Å². The maximum atomic E-state index is 6.19. The average Bonchev–Trinajstić information content (AvgIpc) is 2.82. The maximum absolute atomic E-state index is 6.19. The minimum absolute atomic E-state index is 0.227. The Kier molecular flexibility index (Phi) is 4.92. The normalized spacial score (nSPS) is 12.6. The molecule has 0 radical (unpaired) electrons. The van der Waals surface area contributed by atoms with Crippen LogP contribution >= 0.6 is 23.2 Å². The first-order chi connectivity index (χ1) is 9.10. The minimum atomic E-state index is 0.227. The Morgan fingerprint density at radius 2 is 2.05 bits per heavy atom. The number of benzene rings is 1. The number of hydrogen-bond acceptors (Lipinski definition) is 1. The quantitative estimate of drug-likeness (QED) is 0.884. The van der Waals surface area contributed by atoms with Gasteiger partial charge in [0.1, 0.15) is 0 Å². The van der Waals surface area contributed by atoms with E-state index in [-0.39, 0.29) is 6.04 Å². The van der Waals surface area contributed by atoms with Gasteiger partial charge in [-0.25, -0.2) is 0 Å². The van der Waals surface area contributed by atoms with E-state index in [9.17, 15) is 0 Å². The smallest absolute Gasteiger partial charge is 0.0642 e. The molecule has 0 amide bonds. The molecule has 0 aliphatic rings. The minimum Gasteiger partial charge on any atom is -0.350 e. The van der Waals surface area contributed by atoms with Crippen LogP contribution in [0.4, 0.5) is 0 Å². The monoisotopic (exact) mass is 296 g/mol. The summed E-state index contributed by atoms with van der Waals surface area (Å²) in [5.74, 6) is 0. The van der Waals surface area contributed by atoms with Crippen molar-refractivity contribution >= 4 is 23.2 Å². The van der Waals surface area contributed by atoms with Crippen LogP contribution in [0.1, 0.15) is 24.5 Å². The third kappa shape index (κ3) is 3.75. The molecule has 1 unspecified atom stereocenters. The van der Waals surface area contributed by atoms with Gasteiger partial charge in [0.05, 0.1) is 10.0 Å². The highest BCUT2D eigenvalue weighted by atomic mass is 35.5. The summed E-state index contributed by atoms with van der Waals surface area (Å²) < 4.78 is 2.11. The van der Waals surface area contributed by atoms with Gasteiger partial charge in [-0.2, -0.15) is 0 Å². The van der Waals surface area contributed by atoms with Crippen LogP contribution in [0.3, 0.4) is 0 Å². The summed E-state index contributed by atoms with van der Waals surface area (Å²) in [6.07, 6.45) is 6.07. The Hall–Kier alpha value is -0.960. The molecule has 1 heterocycles. The number of hydrogen-bond donors (Lipinski definition) is 1. The lowest BCUT2D eigenvalue weighted by molar-refractivity contribution is 0.645. The largest absolute Gasteiger partial charge is 0.350 e. The summed E-state index contributed by atoms with van der Waals surface area (Å²) in [6.45, 7) is 2.83. The first-order valence-corrected chi connectivity index (χ1v) is 7.19. The molecule has 0 bridgehead atoms. The molecule has 0 spiro atoms. The van der Waals surface area contributed by atoms with Crippen molar-refractivity contribution in [2.45, 2.75) is 32.4 Å². The van der Waals surface area contributed by atoms with E-state index < -0.39 is 0 Å². The summed E-state index contributed by atoms with van der Waals surface area (Å²) >= 11 is 12.2. The zero-order chi connectivity index (χ0) is 13.8. The zero-order valence-corrected chi connectivity index (χ0v) is 12.5. The van der Waals surface area contributed by atoms with Crippen molar-refractivity contribution in [3.63, 3.8) is 0 Å². The summed E-state index contributed by atoms with van der Waals surface area (Å²) in [6, 6.07) is 8.04. The lowest BCUT2D eigenvalue weighted by Crippen LogP contribution is -2.21. The van der Waals surface area contributed by atoms with Crippen LogP contribution in [-0.4, -0.2) is 10.6 Å². The lowest BCUT2D eigenvalue weighted by atomic mass is 10.1. The Morgan fingerprint density at radius 3 is 2.79 bits per heavy atom. The maximum Gasteiger partial charge on any atom is 0.0642 e. The van der Waals surface area contributed by atoms with Crippen molar-refractivity contribution in [3.8, 4) is 0 Å². The third-order valence-corrected chi connectivity index (χ3v) is 4.08. The molecule has 2 nitrogen and oxygen atoms in total. The molecule has 2 N–H and O–H groups in total. The Morgan fingerprint density at radius 1 is 1.26 bits per heavy atom. The van der Waals surface area contributed by atoms with E-state index in [1.165, 1.54) is 5.56 Å². The van der Waals surface area contributed by atoms with Crippen molar-refractivity contribution < 1.29 is 0 Å². The van der Waals surface area contributed by atoms with Crippen LogP contribution in [0.2, 0.25) is 10.0 Å². The fourth-order valence-electron chi connectivity index (χ4n) is 2.02. The first kappa shape index (κ1) is 14.4. The van der Waals surface area contributed by atoms with Crippen LogP contribution in [0.15, 0.2) is 36.7 Å². The van der Waals surface area contributed by atoms with Gasteiger partial charge in [0.15, 0.2) is 0 Å².